The van der Waals surface area contributed by atoms with Crippen molar-refractivity contribution in [3.05, 3.63) is 0 Å². The highest BCUT2D eigenvalue weighted by Crippen LogP contribution is 1.97. The quantitative estimate of drug-likeness (QED) is 0.565. The summed E-state index contributed by atoms with van der Waals surface area (Å²) in [6.07, 6.45) is 0.0378. The molecule has 0 saturated carbocycles. The Hall–Kier alpha value is -0.610. The molecule has 0 bridgehead atoms. The molecule has 0 heterocycles. The van der Waals surface area contributed by atoms with Gasteiger partial charge in [0.05, 0.1) is 19.6 Å². The van der Waals surface area contributed by atoms with Crippen molar-refractivity contribution in [2.75, 3.05) is 13.2 Å². The fourth-order valence-corrected chi connectivity index (χ4v) is 0.495. The molecule has 4 heteroatoms. The molecule has 0 rings (SSSR count). The fraction of sp³-hybridized carbons (Fsp3) is 0.857. The summed E-state index contributed by atoms with van der Waals surface area (Å²) in [7, 11) is 0. The third-order valence-corrected chi connectivity index (χ3v) is 0.934. The minimum absolute atomic E-state index is 0.0378. The zero-order valence-electron chi connectivity index (χ0n) is 6.96. The summed E-state index contributed by atoms with van der Waals surface area (Å²) in [5, 5.41) is 8.23. The number of carbonyl (C=O) groups is 1. The molecule has 3 N–H and O–H groups in total. The van der Waals surface area contributed by atoms with Gasteiger partial charge < -0.3 is 15.6 Å². The van der Waals surface area contributed by atoms with Crippen molar-refractivity contribution in [3.8, 4) is 0 Å². The van der Waals surface area contributed by atoms with Crippen LogP contribution in [0, 0.1) is 0 Å². The van der Waals surface area contributed by atoms with Crippen LogP contribution >= 0.6 is 0 Å². The van der Waals surface area contributed by atoms with Crippen LogP contribution in [-0.4, -0.2) is 29.8 Å². The first-order chi connectivity index (χ1) is 4.92. The molecule has 0 aromatic heterocycles. The summed E-state index contributed by atoms with van der Waals surface area (Å²) in [6.45, 7) is 4.28. The van der Waals surface area contributed by atoms with E-state index in [4.69, 9.17) is 15.6 Å². The smallest absolute Gasteiger partial charge is 0.305 e. The highest BCUT2D eigenvalue weighted by atomic mass is 16.5. The lowest BCUT2D eigenvalue weighted by molar-refractivity contribution is -0.138. The molecule has 66 valence electrons. The maximum atomic E-state index is 10.0. The van der Waals surface area contributed by atoms with Crippen LogP contribution in [0.5, 0.6) is 0 Å². The van der Waals surface area contributed by atoms with Crippen LogP contribution in [0.4, 0.5) is 0 Å². The first-order valence-corrected chi connectivity index (χ1v) is 3.50. The molecule has 0 unspecified atom stereocenters. The fourth-order valence-electron chi connectivity index (χ4n) is 0.495. The SMILES string of the molecule is CC(C)(N)COCCC(=O)O. The van der Waals surface area contributed by atoms with Crippen molar-refractivity contribution < 1.29 is 14.6 Å². The zero-order chi connectivity index (χ0) is 8.91. The predicted octanol–water partition coefficient (Wildman–Crippen LogP) is 0.215. The minimum atomic E-state index is -0.847. The second-order valence-electron chi connectivity index (χ2n) is 3.18. The predicted molar refractivity (Wildman–Crippen MR) is 41.3 cm³/mol. The Morgan fingerprint density at radius 3 is 2.55 bits per heavy atom. The largest absolute Gasteiger partial charge is 0.481 e. The van der Waals surface area contributed by atoms with Crippen molar-refractivity contribution in [1.29, 1.82) is 0 Å². The van der Waals surface area contributed by atoms with E-state index in [1.165, 1.54) is 0 Å². The third kappa shape index (κ3) is 9.39. The molecule has 0 fully saturated rings. The van der Waals surface area contributed by atoms with Gasteiger partial charge in [0.1, 0.15) is 0 Å². The Bertz CT molecular complexity index is 128. The lowest BCUT2D eigenvalue weighted by atomic mass is 10.1. The first-order valence-electron chi connectivity index (χ1n) is 3.50. The van der Waals surface area contributed by atoms with E-state index in [0.717, 1.165) is 0 Å². The van der Waals surface area contributed by atoms with Gasteiger partial charge in [-0.05, 0) is 13.8 Å². The molecule has 0 aromatic rings. The number of nitrogens with two attached hydrogens (primary N) is 1. The Morgan fingerprint density at radius 2 is 2.18 bits per heavy atom. The van der Waals surface area contributed by atoms with Crippen LogP contribution in [0.2, 0.25) is 0 Å². The van der Waals surface area contributed by atoms with Gasteiger partial charge in [-0.15, -0.1) is 0 Å². The molecule has 0 aliphatic heterocycles. The number of hydrogen-bond donors (Lipinski definition) is 2. The molecule has 0 amide bonds. The second-order valence-corrected chi connectivity index (χ2v) is 3.18. The molecular weight excluding hydrogens is 146 g/mol. The number of ether oxygens (including phenoxy) is 1. The Balaban J connectivity index is 3.22. The van der Waals surface area contributed by atoms with E-state index in [0.29, 0.717) is 6.61 Å². The molecule has 0 saturated heterocycles. The highest BCUT2D eigenvalue weighted by Gasteiger charge is 2.10. The summed E-state index contributed by atoms with van der Waals surface area (Å²) in [6, 6.07) is 0. The summed E-state index contributed by atoms with van der Waals surface area (Å²) in [5.41, 5.74) is 5.20. The van der Waals surface area contributed by atoms with Crippen LogP contribution in [0.15, 0.2) is 0 Å². The minimum Gasteiger partial charge on any atom is -0.481 e. The Morgan fingerprint density at radius 1 is 1.64 bits per heavy atom. The van der Waals surface area contributed by atoms with Gasteiger partial charge in [0, 0.05) is 5.54 Å². The van der Waals surface area contributed by atoms with Gasteiger partial charge in [0.25, 0.3) is 0 Å². The summed E-state index contributed by atoms with van der Waals surface area (Å²) < 4.78 is 5.00. The van der Waals surface area contributed by atoms with Crippen LogP contribution in [0.1, 0.15) is 20.3 Å². The molecule has 0 aliphatic carbocycles. The van der Waals surface area contributed by atoms with E-state index in [-0.39, 0.29) is 18.6 Å². The second kappa shape index (κ2) is 4.31. The van der Waals surface area contributed by atoms with Crippen molar-refractivity contribution in [2.45, 2.75) is 25.8 Å². The number of rotatable bonds is 5. The molecule has 0 radical (unpaired) electrons. The Kier molecular flexibility index (Phi) is 4.07. The van der Waals surface area contributed by atoms with Crippen molar-refractivity contribution in [3.63, 3.8) is 0 Å². The molecule has 4 nitrogen and oxygen atoms in total. The number of aliphatic carboxylic acids is 1. The standard InChI is InChI=1S/C7H15NO3/c1-7(2,8)5-11-4-3-6(9)10/h3-5,8H2,1-2H3,(H,9,10). The molecule has 0 aliphatic rings. The van der Waals surface area contributed by atoms with Gasteiger partial charge in [-0.2, -0.15) is 0 Å². The monoisotopic (exact) mass is 161 g/mol. The topological polar surface area (TPSA) is 72.5 Å². The van der Waals surface area contributed by atoms with E-state index in [9.17, 15) is 4.79 Å². The lowest BCUT2D eigenvalue weighted by Crippen LogP contribution is -2.37. The molecule has 0 atom stereocenters. The van der Waals surface area contributed by atoms with Gasteiger partial charge in [0.15, 0.2) is 0 Å². The van der Waals surface area contributed by atoms with E-state index in [1.807, 2.05) is 13.8 Å². The number of carboxylic acid groups (broad SMARTS) is 1. The van der Waals surface area contributed by atoms with Gasteiger partial charge in [-0.25, -0.2) is 0 Å². The highest BCUT2D eigenvalue weighted by molar-refractivity contribution is 5.66. The van der Waals surface area contributed by atoms with Crippen LogP contribution < -0.4 is 5.73 Å². The zero-order valence-corrected chi connectivity index (χ0v) is 6.96. The van der Waals surface area contributed by atoms with Crippen LogP contribution in [0.3, 0.4) is 0 Å². The van der Waals surface area contributed by atoms with E-state index < -0.39 is 5.97 Å². The van der Waals surface area contributed by atoms with Gasteiger partial charge in [0.2, 0.25) is 0 Å². The maximum absolute atomic E-state index is 10.0. The van der Waals surface area contributed by atoms with Crippen LogP contribution in [0.25, 0.3) is 0 Å². The molecule has 11 heavy (non-hydrogen) atoms. The maximum Gasteiger partial charge on any atom is 0.305 e. The van der Waals surface area contributed by atoms with E-state index in [2.05, 4.69) is 0 Å². The lowest BCUT2D eigenvalue weighted by Gasteiger charge is -2.17. The molecule has 0 aromatic carbocycles. The van der Waals surface area contributed by atoms with E-state index >= 15 is 0 Å². The summed E-state index contributed by atoms with van der Waals surface area (Å²) in [5.74, 6) is -0.847. The Labute approximate surface area is 66.3 Å². The van der Waals surface area contributed by atoms with Crippen molar-refractivity contribution in [2.24, 2.45) is 5.73 Å². The average Bonchev–Trinajstić information content (AvgIpc) is 1.78. The first kappa shape index (κ1) is 10.4. The van der Waals surface area contributed by atoms with Gasteiger partial charge >= 0.3 is 5.97 Å². The van der Waals surface area contributed by atoms with Crippen molar-refractivity contribution in [1.82, 2.24) is 0 Å². The average molecular weight is 161 g/mol. The van der Waals surface area contributed by atoms with Crippen LogP contribution in [-0.2, 0) is 9.53 Å². The normalized spacial score (nSPS) is 11.5. The van der Waals surface area contributed by atoms with E-state index in [1.54, 1.807) is 0 Å². The van der Waals surface area contributed by atoms with Gasteiger partial charge in [-0.1, -0.05) is 0 Å². The number of hydrogen-bond acceptors (Lipinski definition) is 3. The number of carboxylic acids is 1. The molecule has 0 spiro atoms. The van der Waals surface area contributed by atoms with Gasteiger partial charge in [-0.3, -0.25) is 4.79 Å². The summed E-state index contributed by atoms with van der Waals surface area (Å²) in [4.78, 5) is 10.0. The van der Waals surface area contributed by atoms with Crippen molar-refractivity contribution >= 4 is 5.97 Å². The summed E-state index contributed by atoms with van der Waals surface area (Å²) >= 11 is 0. The third-order valence-electron chi connectivity index (χ3n) is 0.934. The molecular formula is C7H15NO3.